The standard InChI is InChI=1S/C24H30N4O3S2/c1-16(2)14-28-23(17(3)31-19-12-10-18(30-4)11-13-19)26-27-24(28)33-15-22(29)25-20-8-6-7-9-21(20)32-5/h6-13,16-17H,14-15H2,1-5H3,(H,25,29). The molecule has 0 aliphatic carbocycles. The number of methoxy groups -OCH3 is 1. The number of nitrogens with zero attached hydrogens (tertiary/aromatic N) is 3. The monoisotopic (exact) mass is 486 g/mol. The van der Waals surface area contributed by atoms with E-state index < -0.39 is 0 Å². The third kappa shape index (κ3) is 6.91. The van der Waals surface area contributed by atoms with Crippen LogP contribution < -0.4 is 14.8 Å². The van der Waals surface area contributed by atoms with E-state index in [0.717, 1.165) is 34.5 Å². The Hall–Kier alpha value is -2.65. The van der Waals surface area contributed by atoms with E-state index >= 15 is 0 Å². The molecule has 1 N–H and O–H groups in total. The molecule has 0 saturated heterocycles. The molecule has 0 bridgehead atoms. The SMILES string of the molecule is COc1ccc(OC(C)c2nnc(SCC(=O)Nc3ccccc3SC)n2CC(C)C)cc1. The van der Waals surface area contributed by atoms with Gasteiger partial charge in [-0.05, 0) is 55.5 Å². The molecule has 0 fully saturated rings. The second-order valence-electron chi connectivity index (χ2n) is 7.82. The molecule has 0 saturated carbocycles. The molecule has 0 aliphatic heterocycles. The van der Waals surface area contributed by atoms with Crippen LogP contribution in [0.3, 0.4) is 0 Å². The van der Waals surface area contributed by atoms with Gasteiger partial charge in [0.1, 0.15) is 11.5 Å². The van der Waals surface area contributed by atoms with Gasteiger partial charge in [0.15, 0.2) is 17.1 Å². The van der Waals surface area contributed by atoms with E-state index in [9.17, 15) is 4.79 Å². The molecular weight excluding hydrogens is 456 g/mol. The maximum Gasteiger partial charge on any atom is 0.234 e. The van der Waals surface area contributed by atoms with Crippen LogP contribution in [0.15, 0.2) is 58.6 Å². The first kappa shape index (κ1) is 25.0. The van der Waals surface area contributed by atoms with Gasteiger partial charge in [-0.25, -0.2) is 0 Å². The van der Waals surface area contributed by atoms with Gasteiger partial charge in [0.25, 0.3) is 0 Å². The minimum absolute atomic E-state index is 0.0790. The molecule has 9 heteroatoms. The van der Waals surface area contributed by atoms with Crippen molar-refractivity contribution in [2.24, 2.45) is 5.92 Å². The summed E-state index contributed by atoms with van der Waals surface area (Å²) in [7, 11) is 1.63. The number of benzene rings is 2. The first-order chi connectivity index (χ1) is 15.9. The molecule has 3 rings (SSSR count). The Morgan fingerprint density at radius 3 is 2.42 bits per heavy atom. The molecule has 33 heavy (non-hydrogen) atoms. The number of thioether (sulfide) groups is 2. The zero-order valence-corrected chi connectivity index (χ0v) is 21.2. The van der Waals surface area contributed by atoms with Crippen LogP contribution in [0.4, 0.5) is 5.69 Å². The zero-order valence-electron chi connectivity index (χ0n) is 19.6. The predicted molar refractivity (Wildman–Crippen MR) is 134 cm³/mol. The van der Waals surface area contributed by atoms with E-state index in [0.29, 0.717) is 11.1 Å². The lowest BCUT2D eigenvalue weighted by Gasteiger charge is -2.18. The number of carbonyl (C=O) groups excluding carboxylic acids is 1. The molecule has 7 nitrogen and oxygen atoms in total. The highest BCUT2D eigenvalue weighted by molar-refractivity contribution is 7.99. The average Bonchev–Trinajstić information content (AvgIpc) is 3.20. The Morgan fingerprint density at radius 2 is 1.76 bits per heavy atom. The van der Waals surface area contributed by atoms with Gasteiger partial charge >= 0.3 is 0 Å². The lowest BCUT2D eigenvalue weighted by atomic mass is 10.2. The Labute approximate surface area is 203 Å². The summed E-state index contributed by atoms with van der Waals surface area (Å²) in [6.45, 7) is 6.96. The van der Waals surface area contributed by atoms with E-state index in [1.807, 2.05) is 66.3 Å². The fraction of sp³-hybridized carbons (Fsp3) is 0.375. The van der Waals surface area contributed by atoms with E-state index in [2.05, 4.69) is 29.4 Å². The molecular formula is C24H30N4O3S2. The number of aromatic nitrogens is 3. The van der Waals surface area contributed by atoms with Crippen LogP contribution in [0.25, 0.3) is 0 Å². The van der Waals surface area contributed by atoms with Crippen LogP contribution in [0, 0.1) is 5.92 Å². The van der Waals surface area contributed by atoms with Gasteiger partial charge in [0.05, 0.1) is 18.6 Å². The van der Waals surface area contributed by atoms with E-state index in [4.69, 9.17) is 9.47 Å². The summed E-state index contributed by atoms with van der Waals surface area (Å²) in [5.41, 5.74) is 0.821. The third-order valence-electron chi connectivity index (χ3n) is 4.74. The molecule has 2 aromatic carbocycles. The van der Waals surface area contributed by atoms with Gasteiger partial charge in [-0.3, -0.25) is 4.79 Å². The third-order valence-corrected chi connectivity index (χ3v) is 6.51. The normalized spacial score (nSPS) is 11.9. The first-order valence-corrected chi connectivity index (χ1v) is 12.9. The van der Waals surface area contributed by atoms with Gasteiger partial charge in [-0.2, -0.15) is 0 Å². The van der Waals surface area contributed by atoms with Crippen LogP contribution in [0.1, 0.15) is 32.7 Å². The quantitative estimate of drug-likeness (QED) is 0.357. The number of amides is 1. The molecule has 0 radical (unpaired) electrons. The molecule has 1 amide bonds. The van der Waals surface area contributed by atoms with Crippen LogP contribution in [-0.4, -0.2) is 39.8 Å². The highest BCUT2D eigenvalue weighted by Crippen LogP contribution is 2.28. The zero-order chi connectivity index (χ0) is 23.8. The van der Waals surface area contributed by atoms with Gasteiger partial charge < -0.3 is 19.4 Å². The van der Waals surface area contributed by atoms with Crippen molar-refractivity contribution in [3.8, 4) is 11.5 Å². The molecule has 3 aromatic rings. The smallest absolute Gasteiger partial charge is 0.234 e. The highest BCUT2D eigenvalue weighted by Gasteiger charge is 2.21. The number of para-hydroxylation sites is 1. The summed E-state index contributed by atoms with van der Waals surface area (Å²) in [6, 6.07) is 15.2. The number of anilines is 1. The Bertz CT molecular complexity index is 1050. The van der Waals surface area contributed by atoms with Crippen molar-refractivity contribution in [3.05, 3.63) is 54.4 Å². The van der Waals surface area contributed by atoms with Gasteiger partial charge in [-0.15, -0.1) is 22.0 Å². The lowest BCUT2D eigenvalue weighted by Crippen LogP contribution is -2.17. The number of nitrogens with one attached hydrogen (secondary N) is 1. The maximum absolute atomic E-state index is 12.6. The first-order valence-electron chi connectivity index (χ1n) is 10.7. The minimum atomic E-state index is -0.304. The molecule has 1 aromatic heterocycles. The number of rotatable bonds is 11. The largest absolute Gasteiger partial charge is 0.497 e. The molecule has 1 atom stereocenters. The Morgan fingerprint density at radius 1 is 1.06 bits per heavy atom. The Balaban J connectivity index is 1.69. The predicted octanol–water partition coefficient (Wildman–Crippen LogP) is 5.54. The van der Waals surface area contributed by atoms with Crippen molar-refractivity contribution in [1.29, 1.82) is 0 Å². The highest BCUT2D eigenvalue weighted by atomic mass is 32.2. The fourth-order valence-electron chi connectivity index (χ4n) is 3.22. The van der Waals surface area contributed by atoms with Crippen molar-refractivity contribution in [3.63, 3.8) is 0 Å². The summed E-state index contributed by atoms with van der Waals surface area (Å²) in [6.07, 6.45) is 1.69. The van der Waals surface area contributed by atoms with E-state index in [-0.39, 0.29) is 17.8 Å². The molecule has 1 heterocycles. The molecule has 0 spiro atoms. The summed E-state index contributed by atoms with van der Waals surface area (Å²) in [5.74, 6) is 2.78. The van der Waals surface area contributed by atoms with E-state index in [1.165, 1.54) is 11.8 Å². The van der Waals surface area contributed by atoms with Crippen molar-refractivity contribution in [2.45, 2.75) is 43.5 Å². The van der Waals surface area contributed by atoms with Crippen LogP contribution in [0.2, 0.25) is 0 Å². The van der Waals surface area contributed by atoms with Gasteiger partial charge in [0.2, 0.25) is 5.91 Å². The van der Waals surface area contributed by atoms with Crippen molar-refractivity contribution >= 4 is 35.1 Å². The molecule has 176 valence electrons. The van der Waals surface area contributed by atoms with Crippen molar-refractivity contribution in [1.82, 2.24) is 14.8 Å². The average molecular weight is 487 g/mol. The van der Waals surface area contributed by atoms with Gasteiger partial charge in [-0.1, -0.05) is 37.7 Å². The number of hydrogen-bond acceptors (Lipinski definition) is 7. The number of ether oxygens (including phenoxy) is 2. The second kappa shape index (κ2) is 12.0. The van der Waals surface area contributed by atoms with Crippen LogP contribution >= 0.6 is 23.5 Å². The number of carbonyl (C=O) groups is 1. The van der Waals surface area contributed by atoms with Gasteiger partial charge in [0, 0.05) is 11.4 Å². The second-order valence-corrected chi connectivity index (χ2v) is 9.61. The van der Waals surface area contributed by atoms with Crippen LogP contribution in [0.5, 0.6) is 11.5 Å². The lowest BCUT2D eigenvalue weighted by molar-refractivity contribution is -0.113. The summed E-state index contributed by atoms with van der Waals surface area (Å²) >= 11 is 2.98. The Kier molecular flexibility index (Phi) is 9.08. The molecule has 0 aliphatic rings. The molecule has 1 unspecified atom stereocenters. The van der Waals surface area contributed by atoms with Crippen LogP contribution in [-0.2, 0) is 11.3 Å². The topological polar surface area (TPSA) is 78.3 Å². The fourth-order valence-corrected chi connectivity index (χ4v) is 4.53. The summed E-state index contributed by atoms with van der Waals surface area (Å²) in [5, 5.41) is 12.5. The summed E-state index contributed by atoms with van der Waals surface area (Å²) in [4.78, 5) is 13.6. The van der Waals surface area contributed by atoms with Crippen molar-refractivity contribution in [2.75, 3.05) is 24.4 Å². The maximum atomic E-state index is 12.6. The van der Waals surface area contributed by atoms with E-state index in [1.54, 1.807) is 18.9 Å². The minimum Gasteiger partial charge on any atom is -0.497 e. The summed E-state index contributed by atoms with van der Waals surface area (Å²) < 4.78 is 13.3. The van der Waals surface area contributed by atoms with Crippen molar-refractivity contribution < 1.29 is 14.3 Å². The number of hydrogen-bond donors (Lipinski definition) is 1.